The molecule has 0 fully saturated rings. The summed E-state index contributed by atoms with van der Waals surface area (Å²) in [5.74, 6) is 2.09. The predicted octanol–water partition coefficient (Wildman–Crippen LogP) is 2.14. The number of nitro benzene ring substituents is 1. The standard InChI is InChI=1S/C10H4F2N2O2/c11-8-5-7(3-1-2-4-13)6-9(12)10(8)14(15)16/h5-6H,2H2. The van der Waals surface area contributed by atoms with Crippen molar-refractivity contribution in [2.45, 2.75) is 6.42 Å². The predicted molar refractivity (Wildman–Crippen MR) is 50.1 cm³/mol. The summed E-state index contributed by atoms with van der Waals surface area (Å²) in [5.41, 5.74) is -1.25. The Morgan fingerprint density at radius 1 is 1.38 bits per heavy atom. The van der Waals surface area contributed by atoms with Crippen molar-refractivity contribution < 1.29 is 13.7 Å². The number of hydrogen-bond donors (Lipinski definition) is 0. The molecule has 0 aliphatic carbocycles. The first-order valence-electron chi connectivity index (χ1n) is 4.05. The molecule has 0 atom stereocenters. The molecule has 0 bridgehead atoms. The molecule has 0 amide bonds. The summed E-state index contributed by atoms with van der Waals surface area (Å²) in [5, 5.41) is 18.4. The Morgan fingerprint density at radius 3 is 2.38 bits per heavy atom. The fourth-order valence-electron chi connectivity index (χ4n) is 0.998. The van der Waals surface area contributed by atoms with Crippen LogP contribution in [0.4, 0.5) is 14.5 Å². The molecule has 0 heterocycles. The molecule has 0 saturated carbocycles. The number of halogens is 2. The summed E-state index contributed by atoms with van der Waals surface area (Å²) in [6.45, 7) is 0. The fourth-order valence-corrected chi connectivity index (χ4v) is 0.998. The van der Waals surface area contributed by atoms with Crippen LogP contribution >= 0.6 is 0 Å². The topological polar surface area (TPSA) is 66.9 Å². The van der Waals surface area contributed by atoms with Crippen LogP contribution in [0.5, 0.6) is 0 Å². The normalized spacial score (nSPS) is 8.81. The highest BCUT2D eigenvalue weighted by atomic mass is 19.1. The van der Waals surface area contributed by atoms with Gasteiger partial charge in [-0.1, -0.05) is 11.8 Å². The lowest BCUT2D eigenvalue weighted by Gasteiger charge is -1.96. The van der Waals surface area contributed by atoms with Crippen molar-refractivity contribution in [3.8, 4) is 17.9 Å². The molecule has 0 saturated heterocycles. The average Bonchev–Trinajstić information content (AvgIpc) is 2.16. The summed E-state index contributed by atoms with van der Waals surface area (Å²) in [6.07, 6.45) is -0.0831. The van der Waals surface area contributed by atoms with Gasteiger partial charge in [-0.2, -0.15) is 14.0 Å². The first-order valence-corrected chi connectivity index (χ1v) is 4.05. The quantitative estimate of drug-likeness (QED) is 0.415. The monoisotopic (exact) mass is 222 g/mol. The van der Waals surface area contributed by atoms with Gasteiger partial charge in [-0.25, -0.2) is 0 Å². The van der Waals surface area contributed by atoms with Gasteiger partial charge in [-0.15, -0.1) is 0 Å². The molecule has 4 nitrogen and oxygen atoms in total. The molecule has 1 aromatic rings. The third-order valence-electron chi connectivity index (χ3n) is 1.60. The van der Waals surface area contributed by atoms with Crippen LogP contribution in [0.1, 0.15) is 12.0 Å². The Bertz CT molecular complexity index is 515. The van der Waals surface area contributed by atoms with E-state index in [0.29, 0.717) is 0 Å². The smallest absolute Gasteiger partial charge is 0.258 e. The first kappa shape index (κ1) is 11.6. The van der Waals surface area contributed by atoms with E-state index in [1.165, 1.54) is 0 Å². The van der Waals surface area contributed by atoms with Gasteiger partial charge < -0.3 is 0 Å². The van der Waals surface area contributed by atoms with Crippen molar-refractivity contribution in [3.05, 3.63) is 39.4 Å². The van der Waals surface area contributed by atoms with E-state index in [1.807, 2.05) is 0 Å². The van der Waals surface area contributed by atoms with Gasteiger partial charge in [0, 0.05) is 5.56 Å². The fraction of sp³-hybridized carbons (Fsp3) is 0.100. The summed E-state index contributed by atoms with van der Waals surface area (Å²) < 4.78 is 26.1. The molecule has 6 heteroatoms. The van der Waals surface area contributed by atoms with Gasteiger partial charge >= 0.3 is 5.69 Å². The van der Waals surface area contributed by atoms with E-state index >= 15 is 0 Å². The second-order valence-corrected chi connectivity index (χ2v) is 2.68. The van der Waals surface area contributed by atoms with Crippen molar-refractivity contribution >= 4 is 5.69 Å². The minimum atomic E-state index is -1.29. The summed E-state index contributed by atoms with van der Waals surface area (Å²) in [7, 11) is 0. The number of nitriles is 1. The van der Waals surface area contributed by atoms with Crippen LogP contribution < -0.4 is 0 Å². The first-order chi connectivity index (χ1) is 7.56. The van der Waals surface area contributed by atoms with Gasteiger partial charge in [-0.05, 0) is 12.1 Å². The molecule has 0 aromatic heterocycles. The molecular formula is C10H4F2N2O2. The Balaban J connectivity index is 3.17. The SMILES string of the molecule is N#CCC#Cc1cc(F)c([N+](=O)[O-])c(F)c1. The van der Waals surface area contributed by atoms with Gasteiger partial charge in [0.2, 0.25) is 11.6 Å². The van der Waals surface area contributed by atoms with Crippen LogP contribution in [-0.2, 0) is 0 Å². The third kappa shape index (κ3) is 2.52. The number of rotatable bonds is 1. The van der Waals surface area contributed by atoms with E-state index < -0.39 is 22.2 Å². The molecular weight excluding hydrogens is 218 g/mol. The second kappa shape index (κ2) is 4.85. The summed E-state index contributed by atoms with van der Waals surface area (Å²) >= 11 is 0. The molecule has 16 heavy (non-hydrogen) atoms. The molecule has 0 radical (unpaired) electrons. The maximum atomic E-state index is 13.1. The number of hydrogen-bond acceptors (Lipinski definition) is 3. The highest BCUT2D eigenvalue weighted by Crippen LogP contribution is 2.22. The molecule has 0 aliphatic rings. The Labute approximate surface area is 89.3 Å². The molecule has 0 aliphatic heterocycles. The van der Waals surface area contributed by atoms with Gasteiger partial charge in [0.25, 0.3) is 0 Å². The lowest BCUT2D eigenvalue weighted by atomic mass is 10.2. The molecule has 80 valence electrons. The minimum Gasteiger partial charge on any atom is -0.258 e. The van der Waals surface area contributed by atoms with Gasteiger partial charge in [0.05, 0.1) is 17.4 Å². The maximum absolute atomic E-state index is 13.1. The molecule has 1 rings (SSSR count). The molecule has 0 spiro atoms. The van der Waals surface area contributed by atoms with Crippen molar-refractivity contribution in [2.24, 2.45) is 0 Å². The largest absolute Gasteiger partial charge is 0.340 e. The van der Waals surface area contributed by atoms with Crippen molar-refractivity contribution in [1.82, 2.24) is 0 Å². The number of nitrogens with zero attached hydrogens (tertiary/aromatic N) is 2. The summed E-state index contributed by atoms with van der Waals surface area (Å²) in [4.78, 5) is 9.12. The average molecular weight is 222 g/mol. The van der Waals surface area contributed by atoms with Gasteiger partial charge in [0.15, 0.2) is 0 Å². The van der Waals surface area contributed by atoms with E-state index in [0.717, 1.165) is 12.1 Å². The van der Waals surface area contributed by atoms with Crippen molar-refractivity contribution in [2.75, 3.05) is 0 Å². The number of benzene rings is 1. The van der Waals surface area contributed by atoms with Crippen LogP contribution in [0.3, 0.4) is 0 Å². The zero-order chi connectivity index (χ0) is 12.1. The van der Waals surface area contributed by atoms with Crippen LogP contribution in [0, 0.1) is 44.9 Å². The lowest BCUT2D eigenvalue weighted by molar-refractivity contribution is -0.390. The van der Waals surface area contributed by atoms with E-state index in [-0.39, 0.29) is 12.0 Å². The van der Waals surface area contributed by atoms with Crippen LogP contribution in [0.25, 0.3) is 0 Å². The highest BCUT2D eigenvalue weighted by Gasteiger charge is 2.21. The van der Waals surface area contributed by atoms with E-state index in [4.69, 9.17) is 5.26 Å². The van der Waals surface area contributed by atoms with Crippen molar-refractivity contribution in [3.63, 3.8) is 0 Å². The van der Waals surface area contributed by atoms with Crippen LogP contribution in [0.2, 0.25) is 0 Å². The second-order valence-electron chi connectivity index (χ2n) is 2.68. The maximum Gasteiger partial charge on any atom is 0.340 e. The van der Waals surface area contributed by atoms with Crippen molar-refractivity contribution in [1.29, 1.82) is 5.26 Å². The molecule has 0 N–H and O–H groups in total. The van der Waals surface area contributed by atoms with E-state index in [1.54, 1.807) is 6.07 Å². The zero-order valence-electron chi connectivity index (χ0n) is 7.83. The summed E-state index contributed by atoms with van der Waals surface area (Å²) in [6, 6.07) is 3.24. The molecule has 1 aromatic carbocycles. The van der Waals surface area contributed by atoms with Gasteiger partial charge in [-0.3, -0.25) is 10.1 Å². The Morgan fingerprint density at radius 2 is 1.94 bits per heavy atom. The van der Waals surface area contributed by atoms with E-state index in [2.05, 4.69) is 11.8 Å². The Hall–Kier alpha value is -2.47. The highest BCUT2D eigenvalue weighted by molar-refractivity contribution is 5.43. The lowest BCUT2D eigenvalue weighted by Crippen LogP contribution is -1.97. The minimum absolute atomic E-state index is 0.0455. The molecule has 0 unspecified atom stereocenters. The number of nitro groups is 1. The van der Waals surface area contributed by atoms with E-state index in [9.17, 15) is 18.9 Å². The zero-order valence-corrected chi connectivity index (χ0v) is 7.83. The van der Waals surface area contributed by atoms with Crippen LogP contribution in [-0.4, -0.2) is 4.92 Å². The van der Waals surface area contributed by atoms with Gasteiger partial charge in [0.1, 0.15) is 0 Å². The Kier molecular flexibility index (Phi) is 3.52. The third-order valence-corrected chi connectivity index (χ3v) is 1.60. The van der Waals surface area contributed by atoms with Crippen LogP contribution in [0.15, 0.2) is 12.1 Å².